The van der Waals surface area contributed by atoms with Crippen LogP contribution in [0.15, 0.2) is 60.0 Å². The average Bonchev–Trinajstić information content (AvgIpc) is 3.15. The van der Waals surface area contributed by atoms with E-state index in [2.05, 4.69) is 45.7 Å². The van der Waals surface area contributed by atoms with Crippen LogP contribution in [0.3, 0.4) is 0 Å². The molecule has 1 amide bonds. The molecule has 0 unspecified atom stereocenters. The summed E-state index contributed by atoms with van der Waals surface area (Å²) in [5.74, 6) is 2.46. The predicted octanol–water partition coefficient (Wildman–Crippen LogP) is 3.99. The quantitative estimate of drug-likeness (QED) is 0.563. The van der Waals surface area contributed by atoms with E-state index in [-0.39, 0.29) is 5.91 Å². The minimum absolute atomic E-state index is 0.179. The Morgan fingerprint density at radius 1 is 1.03 bits per heavy atom. The minimum Gasteiger partial charge on any atom is -0.341 e. The Morgan fingerprint density at radius 3 is 2.43 bits per heavy atom. The smallest absolute Gasteiger partial charge is 0.233 e. The number of piperidine rings is 1. The molecule has 3 aromatic rings. The van der Waals surface area contributed by atoms with Crippen molar-refractivity contribution in [1.82, 2.24) is 24.6 Å². The average molecular weight is 422 g/mol. The lowest BCUT2D eigenvalue weighted by atomic mass is 9.92. The van der Waals surface area contributed by atoms with Gasteiger partial charge in [-0.25, -0.2) is 0 Å². The van der Waals surface area contributed by atoms with Gasteiger partial charge in [0.15, 0.2) is 11.0 Å². The fourth-order valence-corrected chi connectivity index (χ4v) is 4.94. The largest absolute Gasteiger partial charge is 0.341 e. The summed E-state index contributed by atoms with van der Waals surface area (Å²) in [5, 5.41) is 9.62. The lowest BCUT2D eigenvalue weighted by Gasteiger charge is -2.35. The van der Waals surface area contributed by atoms with E-state index >= 15 is 0 Å². The molecule has 1 aliphatic heterocycles. The van der Waals surface area contributed by atoms with Crippen LogP contribution in [-0.4, -0.2) is 49.4 Å². The van der Waals surface area contributed by atoms with E-state index in [4.69, 9.17) is 0 Å². The number of aromatic nitrogens is 4. The third-order valence-electron chi connectivity index (χ3n) is 5.39. The first kappa shape index (κ1) is 20.6. The molecule has 0 radical (unpaired) electrons. The van der Waals surface area contributed by atoms with E-state index in [1.54, 1.807) is 12.4 Å². The number of amides is 1. The maximum Gasteiger partial charge on any atom is 0.233 e. The summed E-state index contributed by atoms with van der Waals surface area (Å²) in [4.78, 5) is 19.0. The number of hydrogen-bond acceptors (Lipinski definition) is 5. The van der Waals surface area contributed by atoms with E-state index in [9.17, 15) is 4.79 Å². The Hall–Kier alpha value is -2.67. The van der Waals surface area contributed by atoms with Crippen molar-refractivity contribution in [3.05, 3.63) is 60.4 Å². The number of benzene rings is 1. The fourth-order valence-electron chi connectivity index (χ4n) is 4.10. The highest BCUT2D eigenvalue weighted by Gasteiger charge is 2.26. The lowest BCUT2D eigenvalue weighted by Crippen LogP contribution is -2.43. The Bertz CT molecular complexity index is 966. The molecule has 3 heterocycles. The summed E-state index contributed by atoms with van der Waals surface area (Å²) in [6, 6.07) is 14.1. The first-order valence-corrected chi connectivity index (χ1v) is 11.4. The van der Waals surface area contributed by atoms with Crippen molar-refractivity contribution in [3.63, 3.8) is 0 Å². The van der Waals surface area contributed by atoms with Crippen LogP contribution in [-0.2, 0) is 11.3 Å². The Labute approximate surface area is 181 Å². The molecule has 1 saturated heterocycles. The van der Waals surface area contributed by atoms with Gasteiger partial charge in [0.1, 0.15) is 0 Å². The fraction of sp³-hybridized carbons (Fsp3) is 0.391. The van der Waals surface area contributed by atoms with Crippen LogP contribution in [0.25, 0.3) is 11.4 Å². The summed E-state index contributed by atoms with van der Waals surface area (Å²) in [6.07, 6.45) is 4.70. The van der Waals surface area contributed by atoms with E-state index in [0.29, 0.717) is 24.1 Å². The number of carbonyl (C=O) groups is 1. The molecular formula is C23H27N5OS. The van der Waals surface area contributed by atoms with Crippen LogP contribution in [0, 0.1) is 11.8 Å². The maximum absolute atomic E-state index is 12.8. The zero-order valence-electron chi connectivity index (χ0n) is 17.4. The number of pyridine rings is 1. The molecule has 0 N–H and O–H groups in total. The second kappa shape index (κ2) is 9.43. The number of nitrogens with zero attached hydrogens (tertiary/aromatic N) is 5. The van der Waals surface area contributed by atoms with Crippen molar-refractivity contribution in [1.29, 1.82) is 0 Å². The van der Waals surface area contributed by atoms with E-state index in [0.717, 1.165) is 29.6 Å². The number of rotatable bonds is 6. The number of likely N-dealkylation sites (tertiary alicyclic amines) is 1. The van der Waals surface area contributed by atoms with Gasteiger partial charge in [0.25, 0.3) is 0 Å². The Kier molecular flexibility index (Phi) is 6.47. The monoisotopic (exact) mass is 421 g/mol. The molecule has 1 aromatic carbocycles. The highest BCUT2D eigenvalue weighted by atomic mass is 32.2. The summed E-state index contributed by atoms with van der Waals surface area (Å²) >= 11 is 1.47. The second-order valence-electron chi connectivity index (χ2n) is 8.15. The number of thioether (sulfide) groups is 1. The van der Waals surface area contributed by atoms with Crippen LogP contribution in [0.2, 0.25) is 0 Å². The van der Waals surface area contributed by atoms with Crippen LogP contribution in [0.1, 0.15) is 25.8 Å². The molecule has 2 atom stereocenters. The van der Waals surface area contributed by atoms with Crippen LogP contribution >= 0.6 is 11.8 Å². The molecule has 0 saturated carbocycles. The Morgan fingerprint density at radius 2 is 1.73 bits per heavy atom. The van der Waals surface area contributed by atoms with Gasteiger partial charge in [0.05, 0.1) is 12.3 Å². The van der Waals surface area contributed by atoms with E-state index < -0.39 is 0 Å². The zero-order chi connectivity index (χ0) is 20.9. The second-order valence-corrected chi connectivity index (χ2v) is 9.09. The first-order valence-electron chi connectivity index (χ1n) is 10.4. The maximum atomic E-state index is 12.8. The molecule has 0 spiro atoms. The van der Waals surface area contributed by atoms with Crippen LogP contribution in [0.5, 0.6) is 0 Å². The summed E-state index contributed by atoms with van der Waals surface area (Å²) < 4.78 is 2.09. The summed E-state index contributed by atoms with van der Waals surface area (Å²) in [5.41, 5.74) is 2.13. The van der Waals surface area contributed by atoms with Gasteiger partial charge in [-0.1, -0.05) is 55.9 Å². The molecule has 0 bridgehead atoms. The molecule has 4 rings (SSSR count). The molecule has 1 fully saturated rings. The molecule has 30 heavy (non-hydrogen) atoms. The third kappa shape index (κ3) is 4.90. The number of carbonyl (C=O) groups excluding carboxylic acids is 1. The van der Waals surface area contributed by atoms with Crippen molar-refractivity contribution in [2.75, 3.05) is 18.8 Å². The van der Waals surface area contributed by atoms with Gasteiger partial charge >= 0.3 is 0 Å². The molecule has 2 aromatic heterocycles. The molecule has 156 valence electrons. The highest BCUT2D eigenvalue weighted by Crippen LogP contribution is 2.26. The summed E-state index contributed by atoms with van der Waals surface area (Å²) in [6.45, 7) is 6.80. The lowest BCUT2D eigenvalue weighted by molar-refractivity contribution is -0.130. The first-order chi connectivity index (χ1) is 14.6. The normalized spacial score (nSPS) is 19.1. The standard InChI is InChI=1S/C23H27N5OS/c1-17-12-18(2)14-27(13-17)21(29)16-30-23-26-25-22(20-8-10-24-11-9-20)28(23)15-19-6-4-3-5-7-19/h3-11,17-18H,12-16H2,1-2H3/t17-,18-/m1/s1. The third-order valence-corrected chi connectivity index (χ3v) is 6.34. The molecule has 6 nitrogen and oxygen atoms in total. The van der Waals surface area contributed by atoms with Crippen molar-refractivity contribution < 1.29 is 4.79 Å². The summed E-state index contributed by atoms with van der Waals surface area (Å²) in [7, 11) is 0. The topological polar surface area (TPSA) is 63.9 Å². The van der Waals surface area contributed by atoms with Gasteiger partial charge in [0, 0.05) is 31.0 Å². The van der Waals surface area contributed by atoms with Gasteiger partial charge in [-0.3, -0.25) is 14.3 Å². The van der Waals surface area contributed by atoms with Gasteiger partial charge in [-0.2, -0.15) is 0 Å². The van der Waals surface area contributed by atoms with Gasteiger partial charge in [-0.05, 0) is 36.0 Å². The highest BCUT2D eigenvalue weighted by molar-refractivity contribution is 7.99. The number of hydrogen-bond donors (Lipinski definition) is 0. The van der Waals surface area contributed by atoms with Crippen molar-refractivity contribution in [3.8, 4) is 11.4 Å². The van der Waals surface area contributed by atoms with Gasteiger partial charge < -0.3 is 4.90 Å². The molecule has 7 heteroatoms. The van der Waals surface area contributed by atoms with Crippen molar-refractivity contribution in [2.45, 2.75) is 32.0 Å². The minimum atomic E-state index is 0.179. The van der Waals surface area contributed by atoms with E-state index in [1.807, 2.05) is 35.2 Å². The molecule has 1 aliphatic rings. The van der Waals surface area contributed by atoms with Crippen molar-refractivity contribution in [2.24, 2.45) is 11.8 Å². The van der Waals surface area contributed by atoms with Crippen molar-refractivity contribution >= 4 is 17.7 Å². The molecule has 0 aliphatic carbocycles. The molecular weight excluding hydrogens is 394 g/mol. The zero-order valence-corrected chi connectivity index (χ0v) is 18.3. The SMILES string of the molecule is C[C@@H]1C[C@@H](C)CN(C(=O)CSc2nnc(-c3ccncc3)n2Cc2ccccc2)C1. The van der Waals surface area contributed by atoms with Gasteiger partial charge in [-0.15, -0.1) is 10.2 Å². The Balaban J connectivity index is 1.54. The van der Waals surface area contributed by atoms with Crippen LogP contribution < -0.4 is 0 Å². The van der Waals surface area contributed by atoms with E-state index in [1.165, 1.54) is 23.7 Å². The van der Waals surface area contributed by atoms with Crippen LogP contribution in [0.4, 0.5) is 0 Å². The predicted molar refractivity (Wildman–Crippen MR) is 119 cm³/mol. The van der Waals surface area contributed by atoms with Gasteiger partial charge in [0.2, 0.25) is 5.91 Å².